The van der Waals surface area contributed by atoms with Crippen LogP contribution in [0.25, 0.3) is 22.2 Å². The van der Waals surface area contributed by atoms with Crippen LogP contribution in [0.4, 0.5) is 5.82 Å². The van der Waals surface area contributed by atoms with Crippen molar-refractivity contribution in [2.45, 2.75) is 57.6 Å². The minimum atomic E-state index is 0.181. The first-order valence-corrected chi connectivity index (χ1v) is 12.4. The quantitative estimate of drug-likeness (QED) is 0.590. The van der Waals surface area contributed by atoms with Crippen molar-refractivity contribution in [2.75, 3.05) is 31.6 Å². The van der Waals surface area contributed by atoms with Crippen molar-refractivity contribution in [2.24, 2.45) is 5.92 Å². The molecule has 33 heavy (non-hydrogen) atoms. The molecule has 1 saturated heterocycles. The van der Waals surface area contributed by atoms with E-state index in [2.05, 4.69) is 44.5 Å². The van der Waals surface area contributed by atoms with Gasteiger partial charge in [-0.3, -0.25) is 9.97 Å². The number of para-hydroxylation sites is 1. The minimum absolute atomic E-state index is 0.181. The Bertz CT molecular complexity index is 1060. The highest BCUT2D eigenvalue weighted by Gasteiger charge is 2.32. The van der Waals surface area contributed by atoms with E-state index in [-0.39, 0.29) is 6.10 Å². The third kappa shape index (κ3) is 5.02. The molecule has 1 aromatic carbocycles. The molecule has 6 nitrogen and oxygen atoms in total. The van der Waals surface area contributed by atoms with Crippen molar-refractivity contribution < 1.29 is 4.74 Å². The second kappa shape index (κ2) is 10.1. The van der Waals surface area contributed by atoms with E-state index >= 15 is 0 Å². The molecule has 0 spiro atoms. The molecule has 1 saturated carbocycles. The van der Waals surface area contributed by atoms with Crippen LogP contribution >= 0.6 is 0 Å². The molecule has 5 rings (SSSR count). The van der Waals surface area contributed by atoms with Crippen LogP contribution in [0.2, 0.25) is 0 Å². The van der Waals surface area contributed by atoms with Crippen molar-refractivity contribution in [3.05, 3.63) is 48.4 Å². The molecule has 2 aromatic heterocycles. The van der Waals surface area contributed by atoms with Gasteiger partial charge in [0.2, 0.25) is 0 Å². The Kier molecular flexibility index (Phi) is 6.83. The number of nitrogens with one attached hydrogen (secondary N) is 1. The molecule has 3 aromatic rings. The van der Waals surface area contributed by atoms with Gasteiger partial charge in [0.25, 0.3) is 0 Å². The summed E-state index contributed by atoms with van der Waals surface area (Å²) in [5.41, 5.74) is 3.82. The van der Waals surface area contributed by atoms with Crippen molar-refractivity contribution >= 4 is 16.7 Å². The summed E-state index contributed by atoms with van der Waals surface area (Å²) in [4.78, 5) is 16.6. The van der Waals surface area contributed by atoms with Crippen molar-refractivity contribution in [1.82, 2.24) is 20.3 Å². The number of ether oxygens (including phenoxy) is 1. The first kappa shape index (κ1) is 22.2. The topological polar surface area (TPSA) is 63.2 Å². The molecule has 1 aliphatic heterocycles. The predicted molar refractivity (Wildman–Crippen MR) is 133 cm³/mol. The van der Waals surface area contributed by atoms with E-state index in [1.807, 2.05) is 32.5 Å². The third-order valence-electron chi connectivity index (χ3n) is 7.33. The summed E-state index contributed by atoms with van der Waals surface area (Å²) in [5, 5.41) is 4.96. The van der Waals surface area contributed by atoms with Crippen LogP contribution in [0.15, 0.2) is 42.7 Å². The number of fused-ring (bicyclic) bond motifs is 1. The number of aryl methyl sites for hydroxylation is 1. The molecule has 0 bridgehead atoms. The smallest absolute Gasteiger partial charge is 0.138 e. The first-order valence-electron chi connectivity index (χ1n) is 12.4. The largest absolute Gasteiger partial charge is 0.379 e. The van der Waals surface area contributed by atoms with Crippen LogP contribution in [-0.2, 0) is 4.74 Å². The number of nitrogens with zero attached hydrogens (tertiary/aromatic N) is 4. The maximum atomic E-state index is 6.01. The van der Waals surface area contributed by atoms with Gasteiger partial charge in [0.05, 0.1) is 29.2 Å². The van der Waals surface area contributed by atoms with Crippen LogP contribution in [0.5, 0.6) is 0 Å². The number of methoxy groups -OCH3 is 1. The molecule has 2 fully saturated rings. The Morgan fingerprint density at radius 1 is 1.06 bits per heavy atom. The van der Waals surface area contributed by atoms with Crippen molar-refractivity contribution in [3.8, 4) is 11.3 Å². The van der Waals surface area contributed by atoms with Crippen LogP contribution in [0.3, 0.4) is 0 Å². The number of benzene rings is 1. The van der Waals surface area contributed by atoms with Crippen molar-refractivity contribution in [3.63, 3.8) is 0 Å². The molecular formula is C27H35N5O. The number of aromatic nitrogens is 3. The second-order valence-corrected chi connectivity index (χ2v) is 9.61. The van der Waals surface area contributed by atoms with E-state index in [4.69, 9.17) is 9.72 Å². The van der Waals surface area contributed by atoms with Gasteiger partial charge in [-0.1, -0.05) is 37.5 Å². The van der Waals surface area contributed by atoms with E-state index in [1.54, 1.807) is 0 Å². The Labute approximate surface area is 196 Å². The number of hydrogen-bond acceptors (Lipinski definition) is 6. The number of pyridine rings is 1. The Morgan fingerprint density at radius 3 is 2.70 bits per heavy atom. The summed E-state index contributed by atoms with van der Waals surface area (Å²) in [7, 11) is 1.85. The fourth-order valence-electron chi connectivity index (χ4n) is 5.35. The highest BCUT2D eigenvalue weighted by atomic mass is 16.5. The average Bonchev–Trinajstić information content (AvgIpc) is 2.87. The van der Waals surface area contributed by atoms with Gasteiger partial charge in [-0.05, 0) is 38.3 Å². The van der Waals surface area contributed by atoms with Gasteiger partial charge in [0, 0.05) is 55.9 Å². The molecule has 2 atom stereocenters. The first-order chi connectivity index (χ1) is 16.2. The van der Waals surface area contributed by atoms with Gasteiger partial charge < -0.3 is 15.0 Å². The van der Waals surface area contributed by atoms with Gasteiger partial charge in [0.1, 0.15) is 5.82 Å². The molecule has 0 radical (unpaired) electrons. The van der Waals surface area contributed by atoms with E-state index in [9.17, 15) is 0 Å². The number of anilines is 1. The lowest BCUT2D eigenvalue weighted by Crippen LogP contribution is -2.49. The summed E-state index contributed by atoms with van der Waals surface area (Å²) in [5.74, 6) is 1.50. The van der Waals surface area contributed by atoms with Crippen molar-refractivity contribution in [1.29, 1.82) is 0 Å². The van der Waals surface area contributed by atoms with Crippen LogP contribution < -0.4 is 10.2 Å². The highest BCUT2D eigenvalue weighted by molar-refractivity contribution is 5.88. The Balaban J connectivity index is 1.39. The van der Waals surface area contributed by atoms with E-state index < -0.39 is 0 Å². The van der Waals surface area contributed by atoms with Crippen LogP contribution in [0, 0.1) is 12.8 Å². The summed E-state index contributed by atoms with van der Waals surface area (Å²) in [6.45, 7) is 4.81. The fourth-order valence-corrected chi connectivity index (χ4v) is 5.35. The SMILES string of the molecule is CO[C@H]1CN(c2nc3ccccc3cc2-c2cnc(C)cn2)CC[C@H]1CNC1CCCCC1. The monoisotopic (exact) mass is 445 g/mol. The number of rotatable bonds is 6. The lowest BCUT2D eigenvalue weighted by atomic mass is 9.91. The maximum Gasteiger partial charge on any atom is 0.138 e. The summed E-state index contributed by atoms with van der Waals surface area (Å²) in [6.07, 6.45) is 11.7. The Morgan fingerprint density at radius 2 is 1.91 bits per heavy atom. The lowest BCUT2D eigenvalue weighted by molar-refractivity contribution is 0.0407. The zero-order valence-electron chi connectivity index (χ0n) is 19.8. The summed E-state index contributed by atoms with van der Waals surface area (Å²) in [6, 6.07) is 11.2. The zero-order valence-corrected chi connectivity index (χ0v) is 19.8. The molecule has 6 heteroatoms. The molecule has 0 unspecified atom stereocenters. The van der Waals surface area contributed by atoms with Crippen LogP contribution in [0.1, 0.15) is 44.2 Å². The van der Waals surface area contributed by atoms with E-state index in [0.29, 0.717) is 12.0 Å². The zero-order chi connectivity index (χ0) is 22.6. The molecule has 1 aliphatic carbocycles. The van der Waals surface area contributed by atoms with Gasteiger partial charge in [-0.2, -0.15) is 0 Å². The standard InChI is InChI=1S/C27H35N5O/c1-19-15-30-25(17-28-19)23-14-20-8-6-7-11-24(20)31-27(23)32-13-12-21(26(18-32)33-2)16-29-22-9-4-3-5-10-22/h6-8,11,14-15,17,21-22,26,29H,3-5,9-10,12-13,16,18H2,1-2H3/t21-,26-/m0/s1. The number of hydrogen-bond donors (Lipinski definition) is 1. The minimum Gasteiger partial charge on any atom is -0.379 e. The highest BCUT2D eigenvalue weighted by Crippen LogP contribution is 2.34. The van der Waals surface area contributed by atoms with Gasteiger partial charge in [0.15, 0.2) is 0 Å². The summed E-state index contributed by atoms with van der Waals surface area (Å²) < 4.78 is 6.01. The third-order valence-corrected chi connectivity index (χ3v) is 7.33. The number of piperidine rings is 1. The maximum absolute atomic E-state index is 6.01. The molecule has 0 amide bonds. The lowest BCUT2D eigenvalue weighted by Gasteiger charge is -2.40. The Hall–Kier alpha value is -2.57. The van der Waals surface area contributed by atoms with Gasteiger partial charge >= 0.3 is 0 Å². The second-order valence-electron chi connectivity index (χ2n) is 9.61. The molecule has 174 valence electrons. The average molecular weight is 446 g/mol. The van der Waals surface area contributed by atoms with E-state index in [1.165, 1.54) is 32.1 Å². The predicted octanol–water partition coefficient (Wildman–Crippen LogP) is 4.76. The molecule has 1 N–H and O–H groups in total. The molecular weight excluding hydrogens is 410 g/mol. The molecule has 3 heterocycles. The normalized spacial score (nSPS) is 22.1. The molecule has 2 aliphatic rings. The summed E-state index contributed by atoms with van der Waals surface area (Å²) >= 11 is 0. The van der Waals surface area contributed by atoms with E-state index in [0.717, 1.165) is 59.7 Å². The van der Waals surface area contributed by atoms with Gasteiger partial charge in [-0.25, -0.2) is 4.98 Å². The van der Waals surface area contributed by atoms with Gasteiger partial charge in [-0.15, -0.1) is 0 Å². The fraction of sp³-hybridized carbons (Fsp3) is 0.519. The van der Waals surface area contributed by atoms with Crippen LogP contribution in [-0.4, -0.2) is 53.8 Å².